The van der Waals surface area contributed by atoms with Crippen molar-refractivity contribution in [2.24, 2.45) is 11.8 Å². The fourth-order valence-corrected chi connectivity index (χ4v) is 1.99. The van der Waals surface area contributed by atoms with Crippen LogP contribution in [0.3, 0.4) is 0 Å². The normalized spacial score (nSPS) is 13.4. The molecule has 2 unspecified atom stereocenters. The zero-order valence-corrected chi connectivity index (χ0v) is 12.5. The van der Waals surface area contributed by atoms with Crippen LogP contribution in [0.4, 0.5) is 0 Å². The summed E-state index contributed by atoms with van der Waals surface area (Å²) in [6.45, 7) is 0. The van der Waals surface area contributed by atoms with E-state index in [4.69, 9.17) is 26.5 Å². The average molecular weight is 293 g/mol. The van der Waals surface area contributed by atoms with Gasteiger partial charge in [0.1, 0.15) is 0 Å². The van der Waals surface area contributed by atoms with Gasteiger partial charge in [0.25, 0.3) is 0 Å². The molecule has 0 rings (SSSR count). The highest BCUT2D eigenvalue weighted by Crippen LogP contribution is 2.20. The molecule has 0 fully saturated rings. The van der Waals surface area contributed by atoms with Gasteiger partial charge < -0.3 is 5.41 Å². The molecule has 0 aliphatic carbocycles. The standard InChI is InChI=1S/C17H19N5/c18-10-2-5-15(8-12-20)4-1-6-17(14-22)16(9-13-21)7-3-11-19/h1,4,6,14-16,22H,2-3,5,7-9H2/b4-1+,17-6+,22-14?. The lowest BCUT2D eigenvalue weighted by atomic mass is 9.91. The van der Waals surface area contributed by atoms with Crippen molar-refractivity contribution >= 4 is 6.21 Å². The van der Waals surface area contributed by atoms with Gasteiger partial charge >= 0.3 is 0 Å². The van der Waals surface area contributed by atoms with E-state index in [0.29, 0.717) is 37.7 Å². The molecule has 22 heavy (non-hydrogen) atoms. The van der Waals surface area contributed by atoms with Crippen LogP contribution in [-0.4, -0.2) is 6.21 Å². The number of allylic oxidation sites excluding steroid dienone is 4. The molecule has 0 bridgehead atoms. The summed E-state index contributed by atoms with van der Waals surface area (Å²) in [5, 5.41) is 42.3. The van der Waals surface area contributed by atoms with Gasteiger partial charge in [-0.3, -0.25) is 0 Å². The third-order valence-electron chi connectivity index (χ3n) is 3.23. The molecule has 0 aromatic carbocycles. The van der Waals surface area contributed by atoms with Gasteiger partial charge in [0, 0.05) is 31.9 Å². The van der Waals surface area contributed by atoms with Crippen molar-refractivity contribution < 1.29 is 0 Å². The highest BCUT2D eigenvalue weighted by atomic mass is 14.4. The van der Waals surface area contributed by atoms with Crippen molar-refractivity contribution in [1.29, 1.82) is 26.5 Å². The Morgan fingerprint density at radius 3 is 2.09 bits per heavy atom. The number of nitrogens with one attached hydrogen (secondary N) is 1. The molecule has 0 spiro atoms. The number of nitriles is 4. The van der Waals surface area contributed by atoms with Gasteiger partial charge in [-0.1, -0.05) is 18.2 Å². The molecule has 112 valence electrons. The van der Waals surface area contributed by atoms with E-state index in [2.05, 4.69) is 24.3 Å². The van der Waals surface area contributed by atoms with E-state index in [9.17, 15) is 0 Å². The molecule has 0 aromatic rings. The van der Waals surface area contributed by atoms with Crippen molar-refractivity contribution in [3.05, 3.63) is 23.8 Å². The van der Waals surface area contributed by atoms with E-state index in [-0.39, 0.29) is 18.3 Å². The van der Waals surface area contributed by atoms with E-state index in [1.165, 1.54) is 6.21 Å². The second-order valence-corrected chi connectivity index (χ2v) is 4.77. The maximum absolute atomic E-state index is 8.84. The summed E-state index contributed by atoms with van der Waals surface area (Å²) in [4.78, 5) is 0. The van der Waals surface area contributed by atoms with Gasteiger partial charge in [0.15, 0.2) is 0 Å². The van der Waals surface area contributed by atoms with E-state index >= 15 is 0 Å². The Morgan fingerprint density at radius 1 is 0.909 bits per heavy atom. The Kier molecular flexibility index (Phi) is 11.4. The van der Waals surface area contributed by atoms with Gasteiger partial charge in [0.2, 0.25) is 0 Å². The minimum atomic E-state index is -0.125. The summed E-state index contributed by atoms with van der Waals surface area (Å²) in [7, 11) is 0. The van der Waals surface area contributed by atoms with Gasteiger partial charge in [-0.25, -0.2) is 0 Å². The quantitative estimate of drug-likeness (QED) is 0.486. The Bertz CT molecular complexity index is 560. The van der Waals surface area contributed by atoms with Crippen molar-refractivity contribution in [3.8, 4) is 24.3 Å². The largest absolute Gasteiger partial charge is 0.308 e. The molecular weight excluding hydrogens is 274 g/mol. The van der Waals surface area contributed by atoms with Crippen molar-refractivity contribution in [1.82, 2.24) is 0 Å². The first kappa shape index (κ1) is 19.1. The Labute approximate surface area is 131 Å². The molecule has 5 heteroatoms. The number of hydrogen-bond donors (Lipinski definition) is 1. The zero-order chi connectivity index (χ0) is 16.6. The van der Waals surface area contributed by atoms with Crippen LogP contribution in [0.1, 0.15) is 38.5 Å². The molecule has 0 amide bonds. The average Bonchev–Trinajstić information content (AvgIpc) is 2.53. The highest BCUT2D eigenvalue weighted by molar-refractivity contribution is 5.77. The molecule has 0 heterocycles. The van der Waals surface area contributed by atoms with Crippen LogP contribution in [0.2, 0.25) is 0 Å². The van der Waals surface area contributed by atoms with Crippen molar-refractivity contribution in [2.45, 2.75) is 38.5 Å². The molecule has 0 aliphatic rings. The lowest BCUT2D eigenvalue weighted by Gasteiger charge is -2.12. The maximum Gasteiger partial charge on any atom is 0.0628 e. The maximum atomic E-state index is 8.84. The second kappa shape index (κ2) is 13.1. The van der Waals surface area contributed by atoms with E-state index in [0.717, 1.165) is 0 Å². The van der Waals surface area contributed by atoms with E-state index < -0.39 is 0 Å². The van der Waals surface area contributed by atoms with Crippen LogP contribution in [-0.2, 0) is 0 Å². The summed E-state index contributed by atoms with van der Waals surface area (Å²) in [5.74, 6) is -0.110. The van der Waals surface area contributed by atoms with Crippen LogP contribution in [0.15, 0.2) is 23.8 Å². The number of rotatable bonds is 10. The van der Waals surface area contributed by atoms with Gasteiger partial charge in [0.05, 0.1) is 24.3 Å². The van der Waals surface area contributed by atoms with Gasteiger partial charge in [-0.2, -0.15) is 21.0 Å². The smallest absolute Gasteiger partial charge is 0.0628 e. The summed E-state index contributed by atoms with van der Waals surface area (Å²) in [6, 6.07) is 8.29. The highest BCUT2D eigenvalue weighted by Gasteiger charge is 2.11. The summed E-state index contributed by atoms with van der Waals surface area (Å²) < 4.78 is 0. The summed E-state index contributed by atoms with van der Waals surface area (Å²) >= 11 is 0. The number of hydrogen-bond acceptors (Lipinski definition) is 5. The Balaban J connectivity index is 4.93. The molecular formula is C17H19N5. The van der Waals surface area contributed by atoms with Crippen LogP contribution < -0.4 is 0 Å². The van der Waals surface area contributed by atoms with Gasteiger partial charge in [-0.15, -0.1) is 0 Å². The first-order valence-corrected chi connectivity index (χ1v) is 7.10. The monoisotopic (exact) mass is 293 g/mol. The predicted molar refractivity (Wildman–Crippen MR) is 83.1 cm³/mol. The van der Waals surface area contributed by atoms with Crippen LogP contribution in [0.25, 0.3) is 0 Å². The Morgan fingerprint density at radius 2 is 1.55 bits per heavy atom. The third-order valence-corrected chi connectivity index (χ3v) is 3.23. The first-order valence-electron chi connectivity index (χ1n) is 7.10. The first-order chi connectivity index (χ1) is 10.7. The van der Waals surface area contributed by atoms with E-state index in [1.54, 1.807) is 12.2 Å². The summed E-state index contributed by atoms with van der Waals surface area (Å²) in [6.07, 6.45) is 9.14. The fourth-order valence-electron chi connectivity index (χ4n) is 1.99. The topological polar surface area (TPSA) is 119 Å². The minimum absolute atomic E-state index is 0.0152. The molecule has 0 aliphatic heterocycles. The van der Waals surface area contributed by atoms with Crippen LogP contribution in [0, 0.1) is 62.6 Å². The zero-order valence-electron chi connectivity index (χ0n) is 12.5. The molecule has 0 saturated heterocycles. The van der Waals surface area contributed by atoms with Crippen LogP contribution in [0.5, 0.6) is 0 Å². The lowest BCUT2D eigenvalue weighted by molar-refractivity contribution is 0.600. The fraction of sp³-hybridized carbons (Fsp3) is 0.471. The molecule has 1 N–H and O–H groups in total. The third kappa shape index (κ3) is 8.31. The van der Waals surface area contributed by atoms with Crippen LogP contribution >= 0.6 is 0 Å². The molecule has 0 aromatic heterocycles. The number of nitrogens with zero attached hydrogens (tertiary/aromatic N) is 4. The molecule has 2 atom stereocenters. The van der Waals surface area contributed by atoms with E-state index in [1.807, 2.05) is 6.08 Å². The predicted octanol–water partition coefficient (Wildman–Crippen LogP) is 3.79. The minimum Gasteiger partial charge on any atom is -0.308 e. The molecule has 0 saturated carbocycles. The lowest BCUT2D eigenvalue weighted by Crippen LogP contribution is -2.04. The van der Waals surface area contributed by atoms with Crippen molar-refractivity contribution in [3.63, 3.8) is 0 Å². The SMILES string of the molecule is N#CCCC(/C=C/C=C(\C=N)C(CC#N)CCC#N)CC#N. The summed E-state index contributed by atoms with van der Waals surface area (Å²) in [5.41, 5.74) is 0.698. The Hall–Kier alpha value is -2.89. The second-order valence-electron chi connectivity index (χ2n) is 4.77. The molecule has 5 nitrogen and oxygen atoms in total. The molecule has 0 radical (unpaired) electrons. The van der Waals surface area contributed by atoms with Crippen molar-refractivity contribution in [2.75, 3.05) is 0 Å². The van der Waals surface area contributed by atoms with Gasteiger partial charge in [-0.05, 0) is 30.3 Å².